The van der Waals surface area contributed by atoms with Crippen molar-refractivity contribution in [2.75, 3.05) is 18.5 Å². The molecule has 0 atom stereocenters. The summed E-state index contributed by atoms with van der Waals surface area (Å²) < 4.78 is 0. The first-order chi connectivity index (χ1) is 8.63. The average molecular weight is 248 g/mol. The molecular formula is C14H24N4. The zero-order valence-corrected chi connectivity index (χ0v) is 11.7. The summed E-state index contributed by atoms with van der Waals surface area (Å²) in [4.78, 5) is 11.0. The Balaban J connectivity index is 2.54. The Morgan fingerprint density at radius 2 is 2.22 bits per heavy atom. The topological polar surface area (TPSA) is 41.1 Å². The summed E-state index contributed by atoms with van der Waals surface area (Å²) >= 11 is 0. The monoisotopic (exact) mass is 248 g/mol. The van der Waals surface area contributed by atoms with Gasteiger partial charge in [0, 0.05) is 32.4 Å². The van der Waals surface area contributed by atoms with Gasteiger partial charge in [-0.3, -0.25) is 4.98 Å². The third kappa shape index (κ3) is 5.27. The van der Waals surface area contributed by atoms with Gasteiger partial charge in [0.15, 0.2) is 0 Å². The summed E-state index contributed by atoms with van der Waals surface area (Å²) in [6.07, 6.45) is 7.70. The van der Waals surface area contributed by atoms with Crippen molar-refractivity contribution in [1.82, 2.24) is 15.3 Å². The first-order valence-electron chi connectivity index (χ1n) is 6.49. The zero-order chi connectivity index (χ0) is 13.4. The minimum absolute atomic E-state index is 0.459. The van der Waals surface area contributed by atoms with Crippen LogP contribution >= 0.6 is 0 Å². The van der Waals surface area contributed by atoms with Crippen molar-refractivity contribution in [1.29, 1.82) is 0 Å². The Bertz CT molecular complexity index is 363. The number of unbranched alkanes of at least 4 members (excludes halogenated alkanes) is 1. The summed E-state index contributed by atoms with van der Waals surface area (Å²) in [7, 11) is 2.05. The predicted octanol–water partition coefficient (Wildman–Crippen LogP) is 2.38. The van der Waals surface area contributed by atoms with Gasteiger partial charge >= 0.3 is 0 Å². The van der Waals surface area contributed by atoms with Gasteiger partial charge < -0.3 is 10.2 Å². The van der Waals surface area contributed by atoms with Crippen LogP contribution in [-0.2, 0) is 6.54 Å². The number of rotatable bonds is 8. The number of allylic oxidation sites excluding steroid dienone is 1. The fraction of sp³-hybridized carbons (Fsp3) is 0.571. The minimum Gasteiger partial charge on any atom is -0.358 e. The van der Waals surface area contributed by atoms with Crippen molar-refractivity contribution in [3.63, 3.8) is 0 Å². The Morgan fingerprint density at radius 1 is 1.44 bits per heavy atom. The molecule has 0 spiro atoms. The third-order valence-electron chi connectivity index (χ3n) is 2.66. The summed E-state index contributed by atoms with van der Waals surface area (Å²) in [5.41, 5.74) is 0.983. The molecular weight excluding hydrogens is 224 g/mol. The Hall–Kier alpha value is -1.42. The van der Waals surface area contributed by atoms with Crippen LogP contribution < -0.4 is 10.2 Å². The number of nitrogens with zero attached hydrogens (tertiary/aromatic N) is 3. The van der Waals surface area contributed by atoms with Gasteiger partial charge in [0.25, 0.3) is 0 Å². The van der Waals surface area contributed by atoms with Gasteiger partial charge in [-0.1, -0.05) is 19.9 Å². The van der Waals surface area contributed by atoms with E-state index in [2.05, 4.69) is 40.6 Å². The van der Waals surface area contributed by atoms with Crippen molar-refractivity contribution in [3.05, 3.63) is 30.7 Å². The van der Waals surface area contributed by atoms with Crippen LogP contribution in [0.4, 0.5) is 5.82 Å². The average Bonchev–Trinajstić information content (AvgIpc) is 2.37. The fourth-order valence-electron chi connectivity index (χ4n) is 1.56. The normalized spacial score (nSPS) is 10.7. The van der Waals surface area contributed by atoms with Crippen LogP contribution in [0.25, 0.3) is 0 Å². The summed E-state index contributed by atoms with van der Waals surface area (Å²) in [5, 5.41) is 3.35. The maximum Gasteiger partial charge on any atom is 0.147 e. The summed E-state index contributed by atoms with van der Waals surface area (Å²) in [6, 6.07) is 0.459. The van der Waals surface area contributed by atoms with Crippen LogP contribution in [0.15, 0.2) is 25.0 Å². The van der Waals surface area contributed by atoms with Crippen molar-refractivity contribution < 1.29 is 0 Å². The van der Waals surface area contributed by atoms with E-state index in [1.165, 1.54) is 0 Å². The molecule has 0 fully saturated rings. The van der Waals surface area contributed by atoms with E-state index in [0.717, 1.165) is 37.4 Å². The highest BCUT2D eigenvalue weighted by Gasteiger charge is 2.04. The van der Waals surface area contributed by atoms with Crippen LogP contribution in [0, 0.1) is 0 Å². The van der Waals surface area contributed by atoms with Crippen LogP contribution in [0.1, 0.15) is 32.4 Å². The Labute approximate surface area is 110 Å². The van der Waals surface area contributed by atoms with Gasteiger partial charge in [0.05, 0.1) is 11.9 Å². The molecule has 0 bridgehead atoms. The molecule has 0 aliphatic carbocycles. The van der Waals surface area contributed by atoms with E-state index >= 15 is 0 Å². The second-order valence-electron chi connectivity index (χ2n) is 4.76. The quantitative estimate of drug-likeness (QED) is 0.566. The molecule has 1 rings (SSSR count). The van der Waals surface area contributed by atoms with E-state index in [1.54, 1.807) is 0 Å². The van der Waals surface area contributed by atoms with E-state index in [9.17, 15) is 0 Å². The molecule has 4 nitrogen and oxygen atoms in total. The van der Waals surface area contributed by atoms with Crippen LogP contribution in [0.2, 0.25) is 0 Å². The highest BCUT2D eigenvalue weighted by Crippen LogP contribution is 2.09. The SMILES string of the molecule is C=CCCCN(C)c1cncc(CNC(C)C)n1. The number of nitrogens with one attached hydrogen (secondary N) is 1. The molecule has 1 aromatic rings. The molecule has 0 aromatic carbocycles. The van der Waals surface area contributed by atoms with Crippen molar-refractivity contribution in [2.24, 2.45) is 0 Å². The van der Waals surface area contributed by atoms with Gasteiger partial charge in [0.2, 0.25) is 0 Å². The fourth-order valence-corrected chi connectivity index (χ4v) is 1.56. The lowest BCUT2D eigenvalue weighted by Crippen LogP contribution is -2.24. The lowest BCUT2D eigenvalue weighted by atomic mass is 10.3. The van der Waals surface area contributed by atoms with Crippen LogP contribution in [0.3, 0.4) is 0 Å². The molecule has 0 saturated carbocycles. The summed E-state index contributed by atoms with van der Waals surface area (Å²) in [6.45, 7) is 9.71. The van der Waals surface area contributed by atoms with Crippen molar-refractivity contribution >= 4 is 5.82 Å². The number of anilines is 1. The van der Waals surface area contributed by atoms with Gasteiger partial charge in [-0.15, -0.1) is 6.58 Å². The smallest absolute Gasteiger partial charge is 0.147 e. The van der Waals surface area contributed by atoms with Gasteiger partial charge in [-0.2, -0.15) is 0 Å². The van der Waals surface area contributed by atoms with E-state index in [-0.39, 0.29) is 0 Å². The van der Waals surface area contributed by atoms with E-state index in [4.69, 9.17) is 0 Å². The number of hydrogen-bond acceptors (Lipinski definition) is 4. The van der Waals surface area contributed by atoms with Gasteiger partial charge in [-0.25, -0.2) is 4.98 Å². The Morgan fingerprint density at radius 3 is 2.89 bits per heavy atom. The van der Waals surface area contributed by atoms with Gasteiger partial charge in [0.1, 0.15) is 5.82 Å². The molecule has 0 amide bonds. The maximum atomic E-state index is 4.60. The highest BCUT2D eigenvalue weighted by atomic mass is 15.2. The Kier molecular flexibility index (Phi) is 6.36. The molecule has 100 valence electrons. The first kappa shape index (κ1) is 14.6. The second kappa shape index (κ2) is 7.82. The van der Waals surface area contributed by atoms with Crippen molar-refractivity contribution in [2.45, 2.75) is 39.3 Å². The molecule has 0 radical (unpaired) electrons. The molecule has 0 unspecified atom stereocenters. The lowest BCUT2D eigenvalue weighted by molar-refractivity contribution is 0.580. The summed E-state index contributed by atoms with van der Waals surface area (Å²) in [5.74, 6) is 0.933. The molecule has 1 N–H and O–H groups in total. The number of hydrogen-bond donors (Lipinski definition) is 1. The molecule has 4 heteroatoms. The van der Waals surface area contributed by atoms with Gasteiger partial charge in [-0.05, 0) is 12.8 Å². The molecule has 1 heterocycles. The van der Waals surface area contributed by atoms with Crippen LogP contribution in [0.5, 0.6) is 0 Å². The molecule has 1 aromatic heterocycles. The first-order valence-corrected chi connectivity index (χ1v) is 6.49. The molecule has 0 saturated heterocycles. The standard InChI is InChI=1S/C14H24N4/c1-5-6-7-8-18(4)14-11-15-9-13(17-14)10-16-12(2)3/h5,9,11-12,16H,1,6-8,10H2,2-4H3. The second-order valence-corrected chi connectivity index (χ2v) is 4.76. The number of aromatic nitrogens is 2. The lowest BCUT2D eigenvalue weighted by Gasteiger charge is -2.18. The molecule has 0 aliphatic heterocycles. The highest BCUT2D eigenvalue weighted by molar-refractivity contribution is 5.34. The van der Waals surface area contributed by atoms with Crippen LogP contribution in [-0.4, -0.2) is 29.6 Å². The molecule has 0 aliphatic rings. The molecule has 18 heavy (non-hydrogen) atoms. The van der Waals surface area contributed by atoms with E-state index in [0.29, 0.717) is 6.04 Å². The maximum absolute atomic E-state index is 4.60. The van der Waals surface area contributed by atoms with E-state index < -0.39 is 0 Å². The van der Waals surface area contributed by atoms with E-state index in [1.807, 2.05) is 25.5 Å². The predicted molar refractivity (Wildman–Crippen MR) is 76.7 cm³/mol. The minimum atomic E-state index is 0.459. The third-order valence-corrected chi connectivity index (χ3v) is 2.66. The largest absolute Gasteiger partial charge is 0.358 e. The van der Waals surface area contributed by atoms with Crippen molar-refractivity contribution in [3.8, 4) is 0 Å². The zero-order valence-electron chi connectivity index (χ0n) is 11.7.